The van der Waals surface area contributed by atoms with E-state index in [2.05, 4.69) is 73.8 Å². The van der Waals surface area contributed by atoms with Crippen LogP contribution < -0.4 is 5.73 Å². The molecule has 3 nitrogen and oxygen atoms in total. The molecule has 20 heavy (non-hydrogen) atoms. The smallest absolute Gasteiger partial charge is 0.0472 e. The molecule has 0 radical (unpaired) electrons. The van der Waals surface area contributed by atoms with Crippen LogP contribution in [0.4, 0.5) is 0 Å². The maximum atomic E-state index is 6.06. The molecule has 0 spiro atoms. The third-order valence-corrected chi connectivity index (χ3v) is 6.15. The van der Waals surface area contributed by atoms with Gasteiger partial charge in [0.25, 0.3) is 0 Å². The van der Waals surface area contributed by atoms with Gasteiger partial charge in [-0.05, 0) is 63.0 Å². The molecule has 2 N–H and O–H groups in total. The average molecular weight is 405 g/mol. The molecule has 2 unspecified atom stereocenters. The van der Waals surface area contributed by atoms with Crippen molar-refractivity contribution < 1.29 is 0 Å². The van der Waals surface area contributed by atoms with Crippen molar-refractivity contribution in [2.45, 2.75) is 25.4 Å². The Morgan fingerprint density at radius 3 is 2.65 bits per heavy atom. The van der Waals surface area contributed by atoms with Gasteiger partial charge in [-0.15, -0.1) is 0 Å². The van der Waals surface area contributed by atoms with Crippen molar-refractivity contribution in [2.75, 3.05) is 33.2 Å². The van der Waals surface area contributed by atoms with E-state index in [1.54, 1.807) is 0 Å². The first-order valence-corrected chi connectivity index (χ1v) is 8.74. The lowest BCUT2D eigenvalue weighted by molar-refractivity contribution is 0.0644. The fourth-order valence-electron chi connectivity index (χ4n) is 2.91. The minimum atomic E-state index is 0.308. The van der Waals surface area contributed by atoms with Crippen molar-refractivity contribution in [3.63, 3.8) is 0 Å². The van der Waals surface area contributed by atoms with Gasteiger partial charge in [-0.3, -0.25) is 4.90 Å². The highest BCUT2D eigenvalue weighted by Crippen LogP contribution is 2.29. The molecular formula is C15H23Br2N3. The molecule has 1 aromatic carbocycles. The number of nitrogens with zero attached hydrogens (tertiary/aromatic N) is 2. The Hall–Kier alpha value is 0.0600. The van der Waals surface area contributed by atoms with Crippen LogP contribution in [0, 0.1) is 0 Å². The minimum absolute atomic E-state index is 0.308. The Morgan fingerprint density at radius 2 is 2.05 bits per heavy atom. The zero-order valence-electron chi connectivity index (χ0n) is 12.1. The standard InChI is InChI=1S/C15H23Br2N3/c1-3-12-10-20(7-6-19(12)2)15(9-18)11-4-5-13(16)14(17)8-11/h4-5,8,12,15H,3,6-7,9-10,18H2,1-2H3. The first-order chi connectivity index (χ1) is 9.56. The average Bonchev–Trinajstić information content (AvgIpc) is 2.45. The van der Waals surface area contributed by atoms with Crippen molar-refractivity contribution >= 4 is 31.9 Å². The van der Waals surface area contributed by atoms with Gasteiger partial charge in [-0.2, -0.15) is 0 Å². The van der Waals surface area contributed by atoms with E-state index in [1.165, 1.54) is 12.0 Å². The molecule has 1 aliphatic rings. The number of hydrogen-bond donors (Lipinski definition) is 1. The summed E-state index contributed by atoms with van der Waals surface area (Å²) < 4.78 is 2.18. The fourth-order valence-corrected chi connectivity index (χ4v) is 3.55. The molecule has 1 aliphatic heterocycles. The Kier molecular flexibility index (Phi) is 6.05. The Balaban J connectivity index is 2.17. The summed E-state index contributed by atoms with van der Waals surface area (Å²) in [6.07, 6.45) is 1.19. The van der Waals surface area contributed by atoms with Crippen LogP contribution in [0.5, 0.6) is 0 Å². The quantitative estimate of drug-likeness (QED) is 0.835. The first-order valence-electron chi connectivity index (χ1n) is 7.16. The van der Waals surface area contributed by atoms with Gasteiger partial charge in [0.2, 0.25) is 0 Å². The lowest BCUT2D eigenvalue weighted by Gasteiger charge is -2.42. The molecule has 1 aromatic rings. The highest BCUT2D eigenvalue weighted by molar-refractivity contribution is 9.13. The third kappa shape index (κ3) is 3.63. The summed E-state index contributed by atoms with van der Waals surface area (Å²) in [7, 11) is 2.22. The molecule has 1 fully saturated rings. The Bertz CT molecular complexity index is 453. The zero-order valence-corrected chi connectivity index (χ0v) is 15.3. The van der Waals surface area contributed by atoms with Crippen molar-refractivity contribution in [1.82, 2.24) is 9.80 Å². The number of nitrogens with two attached hydrogens (primary N) is 1. The van der Waals surface area contributed by atoms with Gasteiger partial charge in [0.15, 0.2) is 0 Å². The second kappa shape index (κ2) is 7.36. The summed E-state index contributed by atoms with van der Waals surface area (Å²) in [5, 5.41) is 0. The highest BCUT2D eigenvalue weighted by atomic mass is 79.9. The van der Waals surface area contributed by atoms with Gasteiger partial charge >= 0.3 is 0 Å². The summed E-state index contributed by atoms with van der Waals surface area (Å²) in [4.78, 5) is 4.99. The largest absolute Gasteiger partial charge is 0.329 e. The van der Waals surface area contributed by atoms with Gasteiger partial charge in [-0.1, -0.05) is 13.0 Å². The molecule has 0 amide bonds. The number of hydrogen-bond acceptors (Lipinski definition) is 3. The molecule has 2 rings (SSSR count). The predicted octanol–water partition coefficient (Wildman–Crippen LogP) is 3.24. The van der Waals surface area contributed by atoms with Gasteiger partial charge in [0.1, 0.15) is 0 Å². The lowest BCUT2D eigenvalue weighted by Crippen LogP contribution is -2.53. The monoisotopic (exact) mass is 403 g/mol. The number of rotatable bonds is 4. The predicted molar refractivity (Wildman–Crippen MR) is 91.9 cm³/mol. The molecular weight excluding hydrogens is 382 g/mol. The van der Waals surface area contributed by atoms with E-state index in [1.807, 2.05) is 0 Å². The van der Waals surface area contributed by atoms with E-state index >= 15 is 0 Å². The maximum Gasteiger partial charge on any atom is 0.0472 e. The topological polar surface area (TPSA) is 32.5 Å². The molecule has 112 valence electrons. The second-order valence-corrected chi connectivity index (χ2v) is 7.17. The van der Waals surface area contributed by atoms with Crippen molar-refractivity contribution in [2.24, 2.45) is 5.73 Å². The van der Waals surface area contributed by atoms with E-state index in [4.69, 9.17) is 5.73 Å². The van der Waals surface area contributed by atoms with Crippen molar-refractivity contribution in [3.05, 3.63) is 32.7 Å². The lowest BCUT2D eigenvalue weighted by atomic mass is 10.0. The van der Waals surface area contributed by atoms with Gasteiger partial charge < -0.3 is 10.6 Å². The number of benzene rings is 1. The first kappa shape index (κ1) is 16.4. The van der Waals surface area contributed by atoms with Crippen LogP contribution in [0.3, 0.4) is 0 Å². The van der Waals surface area contributed by atoms with E-state index in [-0.39, 0.29) is 0 Å². The summed E-state index contributed by atoms with van der Waals surface area (Å²) in [6, 6.07) is 7.39. The van der Waals surface area contributed by atoms with Crippen LogP contribution in [0.15, 0.2) is 27.1 Å². The third-order valence-electron chi connectivity index (χ3n) is 4.27. The zero-order chi connectivity index (χ0) is 14.7. The Morgan fingerprint density at radius 1 is 1.30 bits per heavy atom. The molecule has 2 atom stereocenters. The van der Waals surface area contributed by atoms with Crippen LogP contribution in [0.1, 0.15) is 24.9 Å². The van der Waals surface area contributed by atoms with Gasteiger partial charge in [0.05, 0.1) is 0 Å². The molecule has 1 heterocycles. The molecule has 1 saturated heterocycles. The van der Waals surface area contributed by atoms with Crippen molar-refractivity contribution in [3.8, 4) is 0 Å². The number of halogens is 2. The summed E-state index contributed by atoms with van der Waals surface area (Å²) >= 11 is 7.11. The highest BCUT2D eigenvalue weighted by Gasteiger charge is 2.28. The fraction of sp³-hybridized carbons (Fsp3) is 0.600. The molecule has 0 aromatic heterocycles. The summed E-state index contributed by atoms with van der Waals surface area (Å²) in [5.74, 6) is 0. The van der Waals surface area contributed by atoms with Crippen molar-refractivity contribution in [1.29, 1.82) is 0 Å². The second-order valence-electron chi connectivity index (χ2n) is 5.46. The van der Waals surface area contributed by atoms with Crippen LogP contribution in [0.2, 0.25) is 0 Å². The Labute approximate surface area is 138 Å². The van der Waals surface area contributed by atoms with Crippen LogP contribution >= 0.6 is 31.9 Å². The molecule has 0 aliphatic carbocycles. The normalized spacial score (nSPS) is 22.9. The van der Waals surface area contributed by atoms with E-state index in [0.717, 1.165) is 28.6 Å². The number of likely N-dealkylation sites (N-methyl/N-ethyl adjacent to an activating group) is 1. The maximum absolute atomic E-state index is 6.06. The van der Waals surface area contributed by atoms with Crippen LogP contribution in [0.25, 0.3) is 0 Å². The minimum Gasteiger partial charge on any atom is -0.329 e. The summed E-state index contributed by atoms with van der Waals surface area (Å²) in [6.45, 7) is 6.23. The molecule has 0 bridgehead atoms. The van der Waals surface area contributed by atoms with E-state index in [0.29, 0.717) is 18.6 Å². The van der Waals surface area contributed by atoms with Crippen LogP contribution in [-0.4, -0.2) is 49.1 Å². The summed E-state index contributed by atoms with van der Waals surface area (Å²) in [5.41, 5.74) is 7.36. The SMILES string of the molecule is CCC1CN(C(CN)c2ccc(Br)c(Br)c2)CCN1C. The van der Waals surface area contributed by atoms with E-state index < -0.39 is 0 Å². The number of piperazine rings is 1. The molecule has 0 saturated carbocycles. The molecule has 5 heteroatoms. The van der Waals surface area contributed by atoms with Crippen LogP contribution in [-0.2, 0) is 0 Å². The van der Waals surface area contributed by atoms with Gasteiger partial charge in [-0.25, -0.2) is 0 Å². The van der Waals surface area contributed by atoms with E-state index in [9.17, 15) is 0 Å². The van der Waals surface area contributed by atoms with Gasteiger partial charge in [0, 0.05) is 47.2 Å².